The Labute approximate surface area is 121 Å². The van der Waals surface area contributed by atoms with Gasteiger partial charge in [-0.25, -0.2) is 0 Å². The molecule has 0 saturated heterocycles. The molecule has 102 valence electrons. The molecule has 20 heavy (non-hydrogen) atoms. The minimum absolute atomic E-state index is 0.514. The highest BCUT2D eigenvalue weighted by Crippen LogP contribution is 2.29. The van der Waals surface area contributed by atoms with Gasteiger partial charge >= 0.3 is 0 Å². The highest BCUT2D eigenvalue weighted by Gasteiger charge is 2.18. The standard InChI is InChI=1S/C19H21N/c1-2-8-16(9-3-1)10-7-15-20-19-14-6-12-17-11-4-5-13-18(17)19/h1-5,7-11,13,19-20H,6,12,14-15H2/b10-7+/t19-/m0/s1. The van der Waals surface area contributed by atoms with Crippen molar-refractivity contribution < 1.29 is 0 Å². The average molecular weight is 263 g/mol. The number of nitrogens with one attached hydrogen (secondary N) is 1. The Balaban J connectivity index is 1.59. The third kappa shape index (κ3) is 3.17. The van der Waals surface area contributed by atoms with Crippen LogP contribution in [0.2, 0.25) is 0 Å². The zero-order valence-corrected chi connectivity index (χ0v) is 11.8. The molecule has 0 saturated carbocycles. The first-order chi connectivity index (χ1) is 9.93. The minimum Gasteiger partial charge on any atom is -0.306 e. The summed E-state index contributed by atoms with van der Waals surface area (Å²) in [6.45, 7) is 0.924. The van der Waals surface area contributed by atoms with Crippen LogP contribution in [0.5, 0.6) is 0 Å². The number of fused-ring (bicyclic) bond motifs is 1. The Morgan fingerprint density at radius 1 is 1.00 bits per heavy atom. The largest absolute Gasteiger partial charge is 0.306 e. The van der Waals surface area contributed by atoms with Crippen molar-refractivity contribution in [1.29, 1.82) is 0 Å². The first-order valence-corrected chi connectivity index (χ1v) is 7.46. The number of hydrogen-bond acceptors (Lipinski definition) is 1. The van der Waals surface area contributed by atoms with Gasteiger partial charge in [0.1, 0.15) is 0 Å². The molecule has 2 aromatic rings. The van der Waals surface area contributed by atoms with Crippen LogP contribution in [0.4, 0.5) is 0 Å². The maximum Gasteiger partial charge on any atom is 0.0325 e. The number of rotatable bonds is 4. The highest BCUT2D eigenvalue weighted by atomic mass is 14.9. The van der Waals surface area contributed by atoms with Crippen molar-refractivity contribution in [3.63, 3.8) is 0 Å². The fraction of sp³-hybridized carbons (Fsp3) is 0.263. The van der Waals surface area contributed by atoms with Gasteiger partial charge in [0.25, 0.3) is 0 Å². The van der Waals surface area contributed by atoms with E-state index in [1.165, 1.54) is 36.0 Å². The first kappa shape index (κ1) is 13.1. The molecule has 1 atom stereocenters. The molecule has 0 aromatic heterocycles. The molecule has 1 aliphatic rings. The Hall–Kier alpha value is -1.86. The molecule has 0 spiro atoms. The van der Waals surface area contributed by atoms with Gasteiger partial charge in [-0.2, -0.15) is 0 Å². The lowest BCUT2D eigenvalue weighted by molar-refractivity contribution is 0.481. The van der Waals surface area contributed by atoms with Crippen LogP contribution >= 0.6 is 0 Å². The molecule has 0 unspecified atom stereocenters. The van der Waals surface area contributed by atoms with Crippen molar-refractivity contribution >= 4 is 6.08 Å². The lowest BCUT2D eigenvalue weighted by Gasteiger charge is -2.26. The minimum atomic E-state index is 0.514. The van der Waals surface area contributed by atoms with E-state index >= 15 is 0 Å². The fourth-order valence-corrected chi connectivity index (χ4v) is 2.94. The van der Waals surface area contributed by atoms with Crippen LogP contribution in [0, 0.1) is 0 Å². The van der Waals surface area contributed by atoms with E-state index in [1.54, 1.807) is 0 Å². The van der Waals surface area contributed by atoms with Gasteiger partial charge in [0.05, 0.1) is 0 Å². The first-order valence-electron chi connectivity index (χ1n) is 7.46. The molecular weight excluding hydrogens is 242 g/mol. The van der Waals surface area contributed by atoms with Gasteiger partial charge in [-0.15, -0.1) is 0 Å². The van der Waals surface area contributed by atoms with E-state index in [2.05, 4.69) is 72.1 Å². The van der Waals surface area contributed by atoms with Crippen molar-refractivity contribution in [3.05, 3.63) is 77.4 Å². The molecule has 1 heteroatoms. The van der Waals surface area contributed by atoms with Crippen LogP contribution in [0.15, 0.2) is 60.7 Å². The molecule has 2 aromatic carbocycles. The average Bonchev–Trinajstić information content (AvgIpc) is 2.53. The second-order valence-corrected chi connectivity index (χ2v) is 5.36. The molecule has 0 aliphatic heterocycles. The Kier molecular flexibility index (Phi) is 4.29. The Morgan fingerprint density at radius 2 is 1.80 bits per heavy atom. The summed E-state index contributed by atoms with van der Waals surface area (Å²) in [4.78, 5) is 0. The van der Waals surface area contributed by atoms with Crippen LogP contribution in [-0.4, -0.2) is 6.54 Å². The number of aryl methyl sites for hydroxylation is 1. The summed E-state index contributed by atoms with van der Waals surface area (Å²) in [6.07, 6.45) is 8.16. The summed E-state index contributed by atoms with van der Waals surface area (Å²) < 4.78 is 0. The van der Waals surface area contributed by atoms with Crippen LogP contribution < -0.4 is 5.32 Å². The summed E-state index contributed by atoms with van der Waals surface area (Å²) in [5.41, 5.74) is 4.27. The molecule has 1 aliphatic carbocycles. The summed E-state index contributed by atoms with van der Waals surface area (Å²) in [5.74, 6) is 0. The number of hydrogen-bond donors (Lipinski definition) is 1. The van der Waals surface area contributed by atoms with Crippen molar-refractivity contribution in [2.75, 3.05) is 6.54 Å². The monoisotopic (exact) mass is 263 g/mol. The second-order valence-electron chi connectivity index (χ2n) is 5.36. The van der Waals surface area contributed by atoms with E-state index in [1.807, 2.05) is 0 Å². The maximum absolute atomic E-state index is 3.66. The Bertz CT molecular complexity index is 571. The van der Waals surface area contributed by atoms with Crippen LogP contribution in [-0.2, 0) is 6.42 Å². The molecule has 1 N–H and O–H groups in total. The van der Waals surface area contributed by atoms with E-state index in [0.29, 0.717) is 6.04 Å². The van der Waals surface area contributed by atoms with Crippen molar-refractivity contribution in [3.8, 4) is 0 Å². The van der Waals surface area contributed by atoms with E-state index in [4.69, 9.17) is 0 Å². The van der Waals surface area contributed by atoms with Crippen LogP contribution in [0.25, 0.3) is 6.08 Å². The molecule has 0 amide bonds. The van der Waals surface area contributed by atoms with Crippen LogP contribution in [0.3, 0.4) is 0 Å². The van der Waals surface area contributed by atoms with Crippen LogP contribution in [0.1, 0.15) is 35.6 Å². The quantitative estimate of drug-likeness (QED) is 0.864. The van der Waals surface area contributed by atoms with Gasteiger partial charge in [0.2, 0.25) is 0 Å². The van der Waals surface area contributed by atoms with E-state index < -0.39 is 0 Å². The SMILES string of the molecule is C(=C\c1ccccc1)/CN[C@H]1CCCc2ccccc21. The predicted molar refractivity (Wildman–Crippen MR) is 85.6 cm³/mol. The number of benzene rings is 2. The summed E-state index contributed by atoms with van der Waals surface area (Å²) >= 11 is 0. The zero-order valence-electron chi connectivity index (χ0n) is 11.8. The third-order valence-corrected chi connectivity index (χ3v) is 3.96. The molecule has 0 fully saturated rings. The fourth-order valence-electron chi connectivity index (χ4n) is 2.94. The van der Waals surface area contributed by atoms with E-state index in [-0.39, 0.29) is 0 Å². The molecule has 3 rings (SSSR count). The van der Waals surface area contributed by atoms with Gasteiger partial charge in [-0.05, 0) is 36.0 Å². The summed E-state index contributed by atoms with van der Waals surface area (Å²) in [6, 6.07) is 19.8. The summed E-state index contributed by atoms with van der Waals surface area (Å²) in [7, 11) is 0. The van der Waals surface area contributed by atoms with Gasteiger partial charge in [0, 0.05) is 12.6 Å². The van der Waals surface area contributed by atoms with Crippen molar-refractivity contribution in [2.45, 2.75) is 25.3 Å². The topological polar surface area (TPSA) is 12.0 Å². The molecule has 0 bridgehead atoms. The van der Waals surface area contributed by atoms with Crippen molar-refractivity contribution in [1.82, 2.24) is 5.32 Å². The lowest BCUT2D eigenvalue weighted by atomic mass is 9.88. The second kappa shape index (κ2) is 6.53. The predicted octanol–water partition coefficient (Wildman–Crippen LogP) is 4.37. The zero-order chi connectivity index (χ0) is 13.6. The maximum atomic E-state index is 3.66. The van der Waals surface area contributed by atoms with Gasteiger partial charge in [-0.3, -0.25) is 0 Å². The highest BCUT2D eigenvalue weighted by molar-refractivity contribution is 5.48. The van der Waals surface area contributed by atoms with Gasteiger partial charge < -0.3 is 5.32 Å². The molecule has 0 radical (unpaired) electrons. The summed E-state index contributed by atoms with van der Waals surface area (Å²) in [5, 5.41) is 3.66. The Morgan fingerprint density at radius 3 is 2.70 bits per heavy atom. The third-order valence-electron chi connectivity index (χ3n) is 3.96. The molecular formula is C19H21N. The van der Waals surface area contributed by atoms with Gasteiger partial charge in [0.15, 0.2) is 0 Å². The van der Waals surface area contributed by atoms with E-state index in [0.717, 1.165) is 6.54 Å². The smallest absolute Gasteiger partial charge is 0.0325 e. The van der Waals surface area contributed by atoms with Gasteiger partial charge in [-0.1, -0.05) is 66.7 Å². The van der Waals surface area contributed by atoms with E-state index in [9.17, 15) is 0 Å². The van der Waals surface area contributed by atoms with Crippen molar-refractivity contribution in [2.24, 2.45) is 0 Å². The normalized spacial score (nSPS) is 18.1. The lowest BCUT2D eigenvalue weighted by Crippen LogP contribution is -2.25. The molecule has 1 nitrogen and oxygen atoms in total. The molecule has 0 heterocycles.